The van der Waals surface area contributed by atoms with E-state index in [1.54, 1.807) is 12.3 Å². The van der Waals surface area contributed by atoms with Crippen LogP contribution in [0.5, 0.6) is 0 Å². The largest absolute Gasteiger partial charge is 0.411 e. The predicted octanol–water partition coefficient (Wildman–Crippen LogP) is 4.36. The fourth-order valence-electron chi connectivity index (χ4n) is 3.68. The average Bonchev–Trinajstić information content (AvgIpc) is 2.73. The van der Waals surface area contributed by atoms with Gasteiger partial charge in [0.2, 0.25) is 5.95 Å². The molecule has 0 amide bonds. The van der Waals surface area contributed by atoms with Crippen molar-refractivity contribution in [3.05, 3.63) is 76.6 Å². The average molecular weight is 378 g/mol. The number of anilines is 1. The van der Waals surface area contributed by atoms with Crippen LogP contribution >= 0.6 is 0 Å². The van der Waals surface area contributed by atoms with Crippen LogP contribution in [0.3, 0.4) is 0 Å². The zero-order valence-electron chi connectivity index (χ0n) is 15.8. The van der Waals surface area contributed by atoms with E-state index in [1.165, 1.54) is 5.56 Å². The Morgan fingerprint density at radius 3 is 2.79 bits per heavy atom. The number of hydrogen-bond acceptors (Lipinski definition) is 5. The molecule has 1 aromatic heterocycles. The van der Waals surface area contributed by atoms with Gasteiger partial charge in [0.15, 0.2) is 0 Å². The third-order valence-electron chi connectivity index (χ3n) is 5.30. The Labute approximate surface area is 163 Å². The maximum atomic E-state index is 13.4. The lowest BCUT2D eigenvalue weighted by Gasteiger charge is -2.27. The Kier molecular flexibility index (Phi) is 5.19. The maximum Gasteiger partial charge on any atom is 0.223 e. The van der Waals surface area contributed by atoms with Gasteiger partial charge in [0.05, 0.1) is 11.4 Å². The molecular formula is C22H23FN4O. The number of aromatic nitrogens is 2. The van der Waals surface area contributed by atoms with Gasteiger partial charge in [-0.15, -0.1) is 0 Å². The lowest BCUT2D eigenvalue weighted by molar-refractivity contribution is 0.316. The van der Waals surface area contributed by atoms with Gasteiger partial charge >= 0.3 is 0 Å². The van der Waals surface area contributed by atoms with Crippen molar-refractivity contribution in [2.75, 3.05) is 5.32 Å². The quantitative estimate of drug-likeness (QED) is 0.612. The van der Waals surface area contributed by atoms with Crippen LogP contribution in [0.15, 0.2) is 59.4 Å². The van der Waals surface area contributed by atoms with Crippen molar-refractivity contribution in [2.24, 2.45) is 11.1 Å². The van der Waals surface area contributed by atoms with Gasteiger partial charge in [-0.2, -0.15) is 0 Å². The van der Waals surface area contributed by atoms with Gasteiger partial charge in [-0.1, -0.05) is 53.2 Å². The summed E-state index contributed by atoms with van der Waals surface area (Å²) < 4.78 is 13.4. The molecule has 1 heterocycles. The van der Waals surface area contributed by atoms with Crippen molar-refractivity contribution < 1.29 is 9.60 Å². The molecule has 0 aliphatic heterocycles. The van der Waals surface area contributed by atoms with Gasteiger partial charge in [-0.3, -0.25) is 0 Å². The SMILES string of the molecule is Cc1ccc(CNc2ncc3c(n2)CC(C2=CCC(F)C=C2)C/C3=N\O)cc1. The number of oxime groups is 1. The van der Waals surface area contributed by atoms with E-state index in [1.807, 2.05) is 12.2 Å². The van der Waals surface area contributed by atoms with E-state index in [0.29, 0.717) is 37.5 Å². The second kappa shape index (κ2) is 7.92. The van der Waals surface area contributed by atoms with Crippen molar-refractivity contribution in [2.45, 2.75) is 38.9 Å². The number of fused-ring (bicyclic) bond motifs is 1. The third kappa shape index (κ3) is 3.96. The van der Waals surface area contributed by atoms with Crippen molar-refractivity contribution in [3.63, 3.8) is 0 Å². The molecule has 6 heteroatoms. The molecule has 2 N–H and O–H groups in total. The van der Waals surface area contributed by atoms with E-state index in [2.05, 4.69) is 51.6 Å². The maximum absolute atomic E-state index is 13.4. The Morgan fingerprint density at radius 1 is 1.25 bits per heavy atom. The van der Waals surface area contributed by atoms with Crippen LogP contribution in [-0.4, -0.2) is 27.1 Å². The first kappa shape index (κ1) is 18.3. The Morgan fingerprint density at radius 2 is 2.07 bits per heavy atom. The highest BCUT2D eigenvalue weighted by molar-refractivity contribution is 6.02. The highest BCUT2D eigenvalue weighted by Gasteiger charge is 2.28. The standard InChI is InChI=1S/C22H23FN4O/c1-14-2-4-15(5-3-14)12-24-22-25-13-19-20(26-22)10-17(11-21(19)27-28)16-6-8-18(23)9-7-16/h2-8,13,17-18,28H,9-12H2,1H3,(H,24,25,26)/b27-21+. The summed E-state index contributed by atoms with van der Waals surface area (Å²) in [5.74, 6) is 0.677. The van der Waals surface area contributed by atoms with Crippen LogP contribution in [0.1, 0.15) is 35.2 Å². The predicted molar refractivity (Wildman–Crippen MR) is 107 cm³/mol. The molecule has 0 saturated heterocycles. The minimum Gasteiger partial charge on any atom is -0.411 e. The summed E-state index contributed by atoms with van der Waals surface area (Å²) in [6, 6.07) is 8.31. The smallest absolute Gasteiger partial charge is 0.223 e. The van der Waals surface area contributed by atoms with Crippen molar-refractivity contribution >= 4 is 11.7 Å². The number of benzene rings is 1. The van der Waals surface area contributed by atoms with Crippen molar-refractivity contribution in [1.82, 2.24) is 9.97 Å². The molecule has 4 rings (SSSR count). The van der Waals surface area contributed by atoms with E-state index < -0.39 is 6.17 Å². The lowest BCUT2D eigenvalue weighted by Crippen LogP contribution is -2.25. The van der Waals surface area contributed by atoms with Crippen LogP contribution in [0.25, 0.3) is 0 Å². The number of halogens is 1. The highest BCUT2D eigenvalue weighted by atomic mass is 19.1. The number of aryl methyl sites for hydroxylation is 1. The molecule has 0 bridgehead atoms. The fraction of sp³-hybridized carbons (Fsp3) is 0.318. The molecule has 0 fully saturated rings. The molecule has 144 valence electrons. The second-order valence-electron chi connectivity index (χ2n) is 7.36. The number of nitrogens with zero attached hydrogens (tertiary/aromatic N) is 3. The monoisotopic (exact) mass is 378 g/mol. The summed E-state index contributed by atoms with van der Waals surface area (Å²) in [6.45, 7) is 2.69. The number of rotatable bonds is 4. The Hall–Kier alpha value is -3.02. The van der Waals surface area contributed by atoms with Gasteiger partial charge in [0.25, 0.3) is 0 Å². The number of allylic oxidation sites excluding steroid dienone is 4. The summed E-state index contributed by atoms with van der Waals surface area (Å²) in [5, 5.41) is 16.2. The molecule has 1 aromatic carbocycles. The molecule has 2 aromatic rings. The summed E-state index contributed by atoms with van der Waals surface area (Å²) in [7, 11) is 0. The summed E-state index contributed by atoms with van der Waals surface area (Å²) in [5.41, 5.74) is 5.66. The normalized spacial score (nSPS) is 22.6. The molecule has 2 atom stereocenters. The van der Waals surface area contributed by atoms with E-state index in [-0.39, 0.29) is 5.92 Å². The van der Waals surface area contributed by atoms with E-state index in [9.17, 15) is 9.60 Å². The molecule has 5 nitrogen and oxygen atoms in total. The molecule has 0 spiro atoms. The van der Waals surface area contributed by atoms with E-state index in [0.717, 1.165) is 22.4 Å². The van der Waals surface area contributed by atoms with Crippen LogP contribution in [0, 0.1) is 12.8 Å². The molecule has 0 radical (unpaired) electrons. The fourth-order valence-corrected chi connectivity index (χ4v) is 3.68. The molecule has 28 heavy (non-hydrogen) atoms. The Bertz CT molecular complexity index is 950. The third-order valence-corrected chi connectivity index (χ3v) is 5.30. The first-order valence-corrected chi connectivity index (χ1v) is 9.51. The molecule has 2 aliphatic rings. The van der Waals surface area contributed by atoms with Crippen molar-refractivity contribution in [3.8, 4) is 0 Å². The molecule has 2 aliphatic carbocycles. The van der Waals surface area contributed by atoms with Gasteiger partial charge < -0.3 is 10.5 Å². The lowest BCUT2D eigenvalue weighted by atomic mass is 9.80. The van der Waals surface area contributed by atoms with Crippen LogP contribution in [0.4, 0.5) is 10.3 Å². The topological polar surface area (TPSA) is 70.4 Å². The first-order chi connectivity index (χ1) is 13.6. The van der Waals surface area contributed by atoms with Crippen molar-refractivity contribution in [1.29, 1.82) is 0 Å². The van der Waals surface area contributed by atoms with Crippen LogP contribution in [0.2, 0.25) is 0 Å². The summed E-state index contributed by atoms with van der Waals surface area (Å²) in [6.07, 6.45) is 7.88. The summed E-state index contributed by atoms with van der Waals surface area (Å²) in [4.78, 5) is 9.04. The first-order valence-electron chi connectivity index (χ1n) is 9.51. The van der Waals surface area contributed by atoms with Crippen LogP contribution in [-0.2, 0) is 13.0 Å². The Balaban J connectivity index is 1.53. The summed E-state index contributed by atoms with van der Waals surface area (Å²) >= 11 is 0. The van der Waals surface area contributed by atoms with Gasteiger partial charge in [-0.05, 0) is 30.4 Å². The molecular weight excluding hydrogens is 355 g/mol. The number of nitrogens with one attached hydrogen (secondary N) is 1. The minimum atomic E-state index is -0.912. The zero-order valence-corrected chi connectivity index (χ0v) is 15.8. The molecule has 2 unspecified atom stereocenters. The van der Waals surface area contributed by atoms with E-state index >= 15 is 0 Å². The van der Waals surface area contributed by atoms with Gasteiger partial charge in [0, 0.05) is 31.1 Å². The van der Waals surface area contributed by atoms with Gasteiger partial charge in [0.1, 0.15) is 6.17 Å². The van der Waals surface area contributed by atoms with Crippen LogP contribution < -0.4 is 5.32 Å². The molecule has 0 saturated carbocycles. The van der Waals surface area contributed by atoms with E-state index in [4.69, 9.17) is 0 Å². The second-order valence-corrected chi connectivity index (χ2v) is 7.36. The zero-order chi connectivity index (χ0) is 19.5. The number of hydrogen-bond donors (Lipinski definition) is 2. The minimum absolute atomic E-state index is 0.127. The highest BCUT2D eigenvalue weighted by Crippen LogP contribution is 2.32. The van der Waals surface area contributed by atoms with Gasteiger partial charge in [-0.25, -0.2) is 14.4 Å². The number of alkyl halides is 1.